The number of nitrogens with one attached hydrogen (secondary N) is 1. The van der Waals surface area contributed by atoms with Gasteiger partial charge in [0.15, 0.2) is 0 Å². The number of nitriles is 1. The van der Waals surface area contributed by atoms with Crippen molar-refractivity contribution in [2.75, 3.05) is 5.32 Å². The molecule has 1 aromatic heterocycles. The van der Waals surface area contributed by atoms with Crippen molar-refractivity contribution in [3.8, 4) is 6.07 Å². The Labute approximate surface area is 125 Å². The summed E-state index contributed by atoms with van der Waals surface area (Å²) in [4.78, 5) is 3.38. The molecule has 108 valence electrons. The first-order chi connectivity index (χ1) is 9.81. The molecule has 1 aromatic carbocycles. The average molecular weight is 360 g/mol. The molecule has 0 saturated heterocycles. The number of pyridine rings is 1. The molecule has 2 aromatic rings. The smallest absolute Gasteiger partial charge is 0.338 e. The predicted octanol–water partition coefficient (Wildman–Crippen LogP) is 4.62. The Balaban J connectivity index is 2.47. The molecule has 0 aliphatic carbocycles. The lowest BCUT2D eigenvalue weighted by Crippen LogP contribution is -2.10. The van der Waals surface area contributed by atoms with Crippen LogP contribution >= 0.6 is 15.9 Å². The Kier molecular flexibility index (Phi) is 4.14. The van der Waals surface area contributed by atoms with Crippen LogP contribution < -0.4 is 5.32 Å². The van der Waals surface area contributed by atoms with Gasteiger partial charge < -0.3 is 5.32 Å². The van der Waals surface area contributed by atoms with Gasteiger partial charge in [-0.25, -0.2) is 9.37 Å². The van der Waals surface area contributed by atoms with Crippen molar-refractivity contribution in [1.29, 1.82) is 5.26 Å². The molecular weight excluding hydrogens is 354 g/mol. The van der Waals surface area contributed by atoms with E-state index >= 15 is 0 Å². The zero-order valence-corrected chi connectivity index (χ0v) is 11.8. The minimum atomic E-state index is -4.64. The largest absolute Gasteiger partial charge is 0.433 e. The second kappa shape index (κ2) is 5.69. The summed E-state index contributed by atoms with van der Waals surface area (Å²) >= 11 is 3.13. The van der Waals surface area contributed by atoms with E-state index in [1.807, 2.05) is 0 Å². The molecule has 1 N–H and O–H groups in total. The zero-order chi connectivity index (χ0) is 15.6. The fourth-order valence-electron chi connectivity index (χ4n) is 1.52. The SMILES string of the molecule is N#Cc1ccc(C(F)(F)F)nc1Nc1cc(F)ccc1Br. The summed E-state index contributed by atoms with van der Waals surface area (Å²) in [6, 6.07) is 7.09. The lowest BCUT2D eigenvalue weighted by molar-refractivity contribution is -0.141. The van der Waals surface area contributed by atoms with Gasteiger partial charge in [-0.05, 0) is 46.3 Å². The molecule has 0 unspecified atom stereocenters. The molecule has 0 spiro atoms. The average Bonchev–Trinajstić information content (AvgIpc) is 2.42. The van der Waals surface area contributed by atoms with Crippen LogP contribution in [0.1, 0.15) is 11.3 Å². The van der Waals surface area contributed by atoms with E-state index in [0.29, 0.717) is 10.5 Å². The van der Waals surface area contributed by atoms with Crippen molar-refractivity contribution in [3.63, 3.8) is 0 Å². The third-order valence-corrected chi connectivity index (χ3v) is 3.18. The first-order valence-electron chi connectivity index (χ1n) is 5.51. The lowest BCUT2D eigenvalue weighted by atomic mass is 10.2. The molecule has 0 saturated carbocycles. The topological polar surface area (TPSA) is 48.7 Å². The molecule has 0 bridgehead atoms. The summed E-state index contributed by atoms with van der Waals surface area (Å²) in [5.41, 5.74) is -1.06. The molecule has 3 nitrogen and oxygen atoms in total. The van der Waals surface area contributed by atoms with Crippen LogP contribution in [-0.2, 0) is 6.18 Å². The van der Waals surface area contributed by atoms with E-state index in [2.05, 4.69) is 26.2 Å². The van der Waals surface area contributed by atoms with Crippen molar-refractivity contribution >= 4 is 27.4 Å². The highest BCUT2D eigenvalue weighted by atomic mass is 79.9. The number of rotatable bonds is 2. The summed E-state index contributed by atoms with van der Waals surface area (Å²) in [5, 5.41) is 11.4. The number of alkyl halides is 3. The van der Waals surface area contributed by atoms with Crippen LogP contribution in [0.4, 0.5) is 29.1 Å². The maximum Gasteiger partial charge on any atom is 0.433 e. The van der Waals surface area contributed by atoms with Crippen molar-refractivity contribution in [1.82, 2.24) is 4.98 Å². The molecule has 0 radical (unpaired) electrons. The van der Waals surface area contributed by atoms with Gasteiger partial charge in [-0.15, -0.1) is 0 Å². The second-order valence-corrected chi connectivity index (χ2v) is 4.81. The number of hydrogen-bond acceptors (Lipinski definition) is 3. The van der Waals surface area contributed by atoms with Gasteiger partial charge in [0.2, 0.25) is 0 Å². The highest BCUT2D eigenvalue weighted by molar-refractivity contribution is 9.10. The summed E-state index contributed by atoms with van der Waals surface area (Å²) in [7, 11) is 0. The van der Waals surface area contributed by atoms with Crippen LogP contribution in [0.3, 0.4) is 0 Å². The van der Waals surface area contributed by atoms with Crippen molar-refractivity contribution in [2.45, 2.75) is 6.18 Å². The number of hydrogen-bond donors (Lipinski definition) is 1. The van der Waals surface area contributed by atoms with Crippen LogP contribution in [0.25, 0.3) is 0 Å². The number of nitrogens with zero attached hydrogens (tertiary/aromatic N) is 2. The molecule has 0 aliphatic rings. The number of halogens is 5. The van der Waals surface area contributed by atoms with E-state index in [4.69, 9.17) is 5.26 Å². The highest BCUT2D eigenvalue weighted by Gasteiger charge is 2.33. The van der Waals surface area contributed by atoms with Crippen molar-refractivity contribution in [2.24, 2.45) is 0 Å². The minimum Gasteiger partial charge on any atom is -0.338 e. The van der Waals surface area contributed by atoms with E-state index in [1.165, 1.54) is 12.1 Å². The highest BCUT2D eigenvalue weighted by Crippen LogP contribution is 2.31. The number of aromatic nitrogens is 1. The van der Waals surface area contributed by atoms with Crippen LogP contribution in [-0.4, -0.2) is 4.98 Å². The Hall–Kier alpha value is -2.14. The third-order valence-electron chi connectivity index (χ3n) is 2.49. The molecule has 0 aliphatic heterocycles. The quantitative estimate of drug-likeness (QED) is 0.796. The normalized spacial score (nSPS) is 11.0. The summed E-state index contributed by atoms with van der Waals surface area (Å²) in [6.45, 7) is 0. The van der Waals surface area contributed by atoms with Gasteiger partial charge in [0.1, 0.15) is 23.4 Å². The molecule has 0 amide bonds. The monoisotopic (exact) mass is 359 g/mol. The maximum absolute atomic E-state index is 13.2. The standard InChI is InChI=1S/C13H6BrF4N3/c14-9-3-2-8(15)5-10(9)20-12-7(6-19)1-4-11(21-12)13(16,17)18/h1-5H,(H,20,21). The fourth-order valence-corrected chi connectivity index (χ4v) is 1.87. The van der Waals surface area contributed by atoms with Crippen LogP contribution in [0.15, 0.2) is 34.8 Å². The fraction of sp³-hybridized carbons (Fsp3) is 0.0769. The van der Waals surface area contributed by atoms with Gasteiger partial charge in [-0.3, -0.25) is 0 Å². The van der Waals surface area contributed by atoms with E-state index in [9.17, 15) is 17.6 Å². The van der Waals surface area contributed by atoms with Crippen molar-refractivity contribution in [3.05, 3.63) is 51.9 Å². The van der Waals surface area contributed by atoms with Crippen LogP contribution in [0.5, 0.6) is 0 Å². The third kappa shape index (κ3) is 3.49. The van der Waals surface area contributed by atoms with Gasteiger partial charge in [-0.1, -0.05) is 0 Å². The van der Waals surface area contributed by atoms with Crippen molar-refractivity contribution < 1.29 is 17.6 Å². The van der Waals surface area contributed by atoms with Gasteiger partial charge in [0, 0.05) is 4.47 Å². The second-order valence-electron chi connectivity index (χ2n) is 3.95. The predicted molar refractivity (Wildman–Crippen MR) is 71.3 cm³/mol. The Bertz CT molecular complexity index is 722. The molecule has 0 fully saturated rings. The molecule has 2 rings (SSSR count). The van der Waals surface area contributed by atoms with Crippen LogP contribution in [0, 0.1) is 17.1 Å². The van der Waals surface area contributed by atoms with Gasteiger partial charge >= 0.3 is 6.18 Å². The Morgan fingerprint density at radius 2 is 1.90 bits per heavy atom. The summed E-state index contributed by atoms with van der Waals surface area (Å²) < 4.78 is 51.5. The van der Waals surface area contributed by atoms with E-state index in [1.54, 1.807) is 6.07 Å². The summed E-state index contributed by atoms with van der Waals surface area (Å²) in [5.74, 6) is -0.871. The zero-order valence-electron chi connectivity index (χ0n) is 10.2. The summed E-state index contributed by atoms with van der Waals surface area (Å²) in [6.07, 6.45) is -4.64. The molecular formula is C13H6BrF4N3. The van der Waals surface area contributed by atoms with E-state index < -0.39 is 17.7 Å². The number of anilines is 2. The minimum absolute atomic E-state index is 0.0841. The van der Waals surface area contributed by atoms with Gasteiger partial charge in [0.05, 0.1) is 11.3 Å². The molecule has 8 heteroatoms. The van der Waals surface area contributed by atoms with E-state index in [0.717, 1.165) is 12.1 Å². The van der Waals surface area contributed by atoms with Gasteiger partial charge in [-0.2, -0.15) is 18.4 Å². The molecule has 0 atom stereocenters. The number of benzene rings is 1. The molecule has 21 heavy (non-hydrogen) atoms. The van der Waals surface area contributed by atoms with E-state index in [-0.39, 0.29) is 17.1 Å². The lowest BCUT2D eigenvalue weighted by Gasteiger charge is -2.12. The Morgan fingerprint density at radius 1 is 1.19 bits per heavy atom. The maximum atomic E-state index is 13.2. The molecule has 1 heterocycles. The van der Waals surface area contributed by atoms with Gasteiger partial charge in [0.25, 0.3) is 0 Å². The first kappa shape index (κ1) is 15.3. The van der Waals surface area contributed by atoms with Crippen LogP contribution in [0.2, 0.25) is 0 Å². The first-order valence-corrected chi connectivity index (χ1v) is 6.31. The Morgan fingerprint density at radius 3 is 2.52 bits per heavy atom.